The van der Waals surface area contributed by atoms with E-state index >= 15 is 0 Å². The summed E-state index contributed by atoms with van der Waals surface area (Å²) in [7, 11) is 0. The number of ether oxygens (including phenoxy) is 3. The number of carbonyl (C=O) groups is 2. The highest BCUT2D eigenvalue weighted by Crippen LogP contribution is 2.37. The Morgan fingerprint density at radius 2 is 1.97 bits per heavy atom. The van der Waals surface area contributed by atoms with Crippen LogP contribution in [-0.4, -0.2) is 37.4 Å². The topological polar surface area (TPSA) is 85.9 Å². The van der Waals surface area contributed by atoms with E-state index in [0.717, 1.165) is 11.1 Å². The van der Waals surface area contributed by atoms with Crippen LogP contribution in [0.3, 0.4) is 0 Å². The number of hydrogen-bond acceptors (Lipinski definition) is 5. The zero-order valence-electron chi connectivity index (χ0n) is 16.4. The van der Waals surface area contributed by atoms with Crippen LogP contribution >= 0.6 is 11.6 Å². The Kier molecular flexibility index (Phi) is 6.11. The Hall–Kier alpha value is -2.77. The van der Waals surface area contributed by atoms with Gasteiger partial charge < -0.3 is 24.8 Å². The van der Waals surface area contributed by atoms with Crippen LogP contribution in [0.15, 0.2) is 48.5 Å². The third-order valence-electron chi connectivity index (χ3n) is 5.34. The molecule has 0 saturated carbocycles. The number of rotatable bonds is 5. The molecule has 2 N–H and O–H groups in total. The van der Waals surface area contributed by atoms with Crippen molar-refractivity contribution in [2.24, 2.45) is 0 Å². The Bertz CT molecular complexity index is 915. The summed E-state index contributed by atoms with van der Waals surface area (Å²) in [5, 5.41) is 6.28. The highest BCUT2D eigenvalue weighted by Gasteiger charge is 2.45. The van der Waals surface area contributed by atoms with Crippen LogP contribution in [0.4, 0.5) is 4.79 Å². The quantitative estimate of drug-likeness (QED) is 0.759. The predicted molar refractivity (Wildman–Crippen MR) is 110 cm³/mol. The first-order chi connectivity index (χ1) is 14.6. The number of hydrogen-bond donors (Lipinski definition) is 2. The first-order valence-electron chi connectivity index (χ1n) is 9.86. The van der Waals surface area contributed by atoms with Crippen LogP contribution in [-0.2, 0) is 20.9 Å². The summed E-state index contributed by atoms with van der Waals surface area (Å²) in [5.41, 5.74) is 0.512. The van der Waals surface area contributed by atoms with Crippen LogP contribution in [0.2, 0.25) is 5.02 Å². The van der Waals surface area contributed by atoms with Gasteiger partial charge in [-0.1, -0.05) is 54.1 Å². The molecule has 4 rings (SSSR count). The van der Waals surface area contributed by atoms with Gasteiger partial charge in [0.15, 0.2) is 0 Å². The molecule has 158 valence electrons. The maximum Gasteiger partial charge on any atom is 0.408 e. The standard InChI is InChI=1S/C22H23ClN2O5/c23-17-8-4-7-16-18(9-11-29-19(16)17)24-20(26)22(10-12-28-14-22)25-21(27)30-13-15-5-2-1-3-6-15/h1-8,18H,9-14H2,(H,24,26)(H,25,27)/t18-,22-/m0/s1. The number of para-hydroxylation sites is 1. The summed E-state index contributed by atoms with van der Waals surface area (Å²) in [4.78, 5) is 25.6. The number of fused-ring (bicyclic) bond motifs is 1. The van der Waals surface area contributed by atoms with Gasteiger partial charge in [-0.2, -0.15) is 0 Å². The molecule has 2 aliphatic heterocycles. The first-order valence-corrected chi connectivity index (χ1v) is 10.2. The Morgan fingerprint density at radius 3 is 2.73 bits per heavy atom. The largest absolute Gasteiger partial charge is 0.492 e. The summed E-state index contributed by atoms with van der Waals surface area (Å²) in [6, 6.07) is 14.5. The maximum atomic E-state index is 13.2. The van der Waals surface area contributed by atoms with Gasteiger partial charge in [-0.25, -0.2) is 4.79 Å². The van der Waals surface area contributed by atoms with Crippen molar-refractivity contribution < 1.29 is 23.8 Å². The fourth-order valence-electron chi connectivity index (χ4n) is 3.69. The molecule has 0 aromatic heterocycles. The number of carbonyl (C=O) groups excluding carboxylic acids is 2. The predicted octanol–water partition coefficient (Wildman–Crippen LogP) is 3.37. The van der Waals surface area contributed by atoms with Crippen LogP contribution < -0.4 is 15.4 Å². The number of amides is 2. The maximum absolute atomic E-state index is 13.2. The van der Waals surface area contributed by atoms with E-state index in [-0.39, 0.29) is 25.2 Å². The molecule has 2 aromatic carbocycles. The third kappa shape index (κ3) is 4.37. The van der Waals surface area contributed by atoms with Crippen LogP contribution in [0.5, 0.6) is 5.75 Å². The highest BCUT2D eigenvalue weighted by molar-refractivity contribution is 6.32. The number of nitrogens with one attached hydrogen (secondary N) is 2. The third-order valence-corrected chi connectivity index (χ3v) is 5.64. The highest BCUT2D eigenvalue weighted by atomic mass is 35.5. The summed E-state index contributed by atoms with van der Waals surface area (Å²) in [6.45, 7) is 1.03. The van der Waals surface area contributed by atoms with Crippen LogP contribution in [0.1, 0.15) is 30.0 Å². The number of alkyl carbamates (subject to hydrolysis) is 1. The van der Waals surface area contributed by atoms with Gasteiger partial charge in [-0.3, -0.25) is 4.79 Å². The SMILES string of the molecule is O=C(N[C@@]1(C(=O)N[C@H]2CCOc3c(Cl)cccc32)CCOC1)OCc1ccccc1. The molecule has 0 aliphatic carbocycles. The van der Waals surface area contributed by atoms with Crippen molar-refractivity contribution >= 4 is 23.6 Å². The van der Waals surface area contributed by atoms with E-state index in [9.17, 15) is 9.59 Å². The lowest BCUT2D eigenvalue weighted by Crippen LogP contribution is -2.60. The fourth-order valence-corrected chi connectivity index (χ4v) is 3.92. The van der Waals surface area contributed by atoms with Crippen molar-refractivity contribution in [1.29, 1.82) is 0 Å². The molecule has 1 saturated heterocycles. The minimum Gasteiger partial charge on any atom is -0.492 e. The molecule has 8 heteroatoms. The van der Waals surface area contributed by atoms with Gasteiger partial charge in [0, 0.05) is 25.0 Å². The minimum absolute atomic E-state index is 0.0882. The molecule has 2 atom stereocenters. The molecule has 7 nitrogen and oxygen atoms in total. The summed E-state index contributed by atoms with van der Waals surface area (Å²) < 4.78 is 16.4. The number of halogens is 1. The first kappa shape index (κ1) is 20.5. The molecule has 2 aromatic rings. The monoisotopic (exact) mass is 430 g/mol. The smallest absolute Gasteiger partial charge is 0.408 e. The van der Waals surface area contributed by atoms with Gasteiger partial charge in [0.05, 0.1) is 24.3 Å². The molecule has 0 bridgehead atoms. The molecular formula is C22H23ClN2O5. The fraction of sp³-hybridized carbons (Fsp3) is 0.364. The van der Waals surface area contributed by atoms with Crippen molar-refractivity contribution in [2.75, 3.05) is 19.8 Å². The summed E-state index contributed by atoms with van der Waals surface area (Å²) in [6.07, 6.45) is 0.314. The summed E-state index contributed by atoms with van der Waals surface area (Å²) >= 11 is 6.22. The lowest BCUT2D eigenvalue weighted by atomic mass is 9.94. The normalized spacial score (nSPS) is 22.5. The van der Waals surface area contributed by atoms with E-state index in [0.29, 0.717) is 36.8 Å². The molecule has 1 fully saturated rings. The number of benzene rings is 2. The molecule has 0 unspecified atom stereocenters. The van der Waals surface area contributed by atoms with Gasteiger partial charge in [-0.15, -0.1) is 0 Å². The van der Waals surface area contributed by atoms with Crippen molar-refractivity contribution in [1.82, 2.24) is 10.6 Å². The zero-order valence-corrected chi connectivity index (χ0v) is 17.1. The summed E-state index contributed by atoms with van der Waals surface area (Å²) in [5.74, 6) is 0.275. The van der Waals surface area contributed by atoms with Gasteiger partial charge in [-0.05, 0) is 11.6 Å². The van der Waals surface area contributed by atoms with Gasteiger partial charge >= 0.3 is 6.09 Å². The van der Waals surface area contributed by atoms with E-state index in [1.165, 1.54) is 0 Å². The Morgan fingerprint density at radius 1 is 1.13 bits per heavy atom. The molecule has 2 heterocycles. The van der Waals surface area contributed by atoms with E-state index in [2.05, 4.69) is 10.6 Å². The molecule has 2 aliphatic rings. The van der Waals surface area contributed by atoms with Crippen LogP contribution in [0.25, 0.3) is 0 Å². The second-order valence-corrected chi connectivity index (χ2v) is 7.80. The van der Waals surface area contributed by atoms with Crippen LogP contribution in [0, 0.1) is 0 Å². The average molecular weight is 431 g/mol. The Balaban J connectivity index is 1.43. The molecule has 2 amide bonds. The molecule has 0 spiro atoms. The van der Waals surface area contributed by atoms with Gasteiger partial charge in [0.2, 0.25) is 5.91 Å². The van der Waals surface area contributed by atoms with Gasteiger partial charge in [0.25, 0.3) is 0 Å². The van der Waals surface area contributed by atoms with E-state index in [1.54, 1.807) is 6.07 Å². The van der Waals surface area contributed by atoms with Crippen molar-refractivity contribution in [3.8, 4) is 5.75 Å². The Labute approximate surface area is 179 Å². The second-order valence-electron chi connectivity index (χ2n) is 7.39. The second kappa shape index (κ2) is 8.93. The van der Waals surface area contributed by atoms with Crippen molar-refractivity contribution in [2.45, 2.75) is 31.0 Å². The van der Waals surface area contributed by atoms with E-state index in [1.807, 2.05) is 42.5 Å². The molecule has 0 radical (unpaired) electrons. The molecular weight excluding hydrogens is 408 g/mol. The van der Waals surface area contributed by atoms with E-state index in [4.69, 9.17) is 25.8 Å². The van der Waals surface area contributed by atoms with E-state index < -0.39 is 11.6 Å². The average Bonchev–Trinajstić information content (AvgIpc) is 3.23. The zero-order chi connectivity index (χ0) is 21.0. The lowest BCUT2D eigenvalue weighted by Gasteiger charge is -2.32. The molecule has 30 heavy (non-hydrogen) atoms. The van der Waals surface area contributed by atoms with Crippen molar-refractivity contribution in [3.63, 3.8) is 0 Å². The van der Waals surface area contributed by atoms with Crippen molar-refractivity contribution in [3.05, 3.63) is 64.7 Å². The van der Waals surface area contributed by atoms with Gasteiger partial charge in [0.1, 0.15) is 17.9 Å². The minimum atomic E-state index is -1.18. The lowest BCUT2D eigenvalue weighted by molar-refractivity contribution is -0.128.